The quantitative estimate of drug-likeness (QED) is 0.132. The Bertz CT molecular complexity index is 1670. The van der Waals surface area contributed by atoms with Crippen LogP contribution in [0.4, 0.5) is 0 Å². The Hall–Kier alpha value is -4.30. The SMILES string of the molecule is C=CCn1c(C)c(C(=O)C(C)Sc2nnc(-c3ccc4c(c3)OCO4)n2-c2ccccc2)c2ccccc21. The molecule has 38 heavy (non-hydrogen) atoms. The van der Waals surface area contributed by atoms with Crippen molar-refractivity contribution in [2.45, 2.75) is 30.8 Å². The highest BCUT2D eigenvalue weighted by Crippen LogP contribution is 2.38. The van der Waals surface area contributed by atoms with Gasteiger partial charge in [0.05, 0.1) is 5.25 Å². The molecule has 0 saturated carbocycles. The topological polar surface area (TPSA) is 71.2 Å². The van der Waals surface area contributed by atoms with Crippen LogP contribution in [-0.4, -0.2) is 37.2 Å². The Kier molecular flexibility index (Phi) is 6.25. The van der Waals surface area contributed by atoms with E-state index in [2.05, 4.69) is 21.3 Å². The third kappa shape index (κ3) is 4.07. The summed E-state index contributed by atoms with van der Waals surface area (Å²) in [7, 11) is 0. The lowest BCUT2D eigenvalue weighted by atomic mass is 10.0. The second-order valence-corrected chi connectivity index (χ2v) is 10.4. The van der Waals surface area contributed by atoms with Crippen molar-refractivity contribution in [3.63, 3.8) is 0 Å². The molecule has 1 aliphatic rings. The van der Waals surface area contributed by atoms with Gasteiger partial charge in [0, 0.05) is 40.0 Å². The molecule has 0 fully saturated rings. The molecule has 190 valence electrons. The van der Waals surface area contributed by atoms with Crippen LogP contribution in [0.25, 0.3) is 28.0 Å². The lowest BCUT2D eigenvalue weighted by Crippen LogP contribution is -2.16. The number of ketones is 1. The molecule has 0 radical (unpaired) electrons. The van der Waals surface area contributed by atoms with E-state index in [1.54, 1.807) is 0 Å². The molecule has 7 nitrogen and oxygen atoms in total. The van der Waals surface area contributed by atoms with Crippen LogP contribution in [0.3, 0.4) is 0 Å². The fourth-order valence-electron chi connectivity index (χ4n) is 4.90. The van der Waals surface area contributed by atoms with Crippen LogP contribution in [0.1, 0.15) is 23.0 Å². The molecule has 1 unspecified atom stereocenters. The first-order valence-corrected chi connectivity index (χ1v) is 13.2. The van der Waals surface area contributed by atoms with E-state index in [9.17, 15) is 4.79 Å². The smallest absolute Gasteiger partial charge is 0.231 e. The number of benzene rings is 3. The Labute approximate surface area is 224 Å². The summed E-state index contributed by atoms with van der Waals surface area (Å²) in [6.07, 6.45) is 1.85. The number of aromatic nitrogens is 4. The lowest BCUT2D eigenvalue weighted by Gasteiger charge is -2.14. The van der Waals surface area contributed by atoms with Gasteiger partial charge in [-0.05, 0) is 50.2 Å². The first kappa shape index (κ1) is 24.1. The highest BCUT2D eigenvalue weighted by atomic mass is 32.2. The summed E-state index contributed by atoms with van der Waals surface area (Å²) in [6.45, 7) is 8.66. The van der Waals surface area contributed by atoms with Crippen molar-refractivity contribution in [2.24, 2.45) is 0 Å². The number of nitrogens with zero attached hydrogens (tertiary/aromatic N) is 4. The minimum Gasteiger partial charge on any atom is -0.454 e. The maximum atomic E-state index is 13.9. The summed E-state index contributed by atoms with van der Waals surface area (Å²) in [6, 6.07) is 23.7. The largest absolute Gasteiger partial charge is 0.454 e. The molecule has 0 aliphatic carbocycles. The number of rotatable bonds is 8. The van der Waals surface area contributed by atoms with E-state index in [-0.39, 0.29) is 12.6 Å². The number of fused-ring (bicyclic) bond motifs is 2. The maximum Gasteiger partial charge on any atom is 0.231 e. The summed E-state index contributed by atoms with van der Waals surface area (Å²) in [5.41, 5.74) is 4.46. The Morgan fingerprint density at radius 2 is 1.82 bits per heavy atom. The lowest BCUT2D eigenvalue weighted by molar-refractivity contribution is 0.0994. The number of ether oxygens (including phenoxy) is 2. The van der Waals surface area contributed by atoms with E-state index in [0.717, 1.165) is 33.4 Å². The van der Waals surface area contributed by atoms with Crippen molar-refractivity contribution in [3.05, 3.63) is 96.7 Å². The van der Waals surface area contributed by atoms with Gasteiger partial charge in [-0.25, -0.2) is 0 Å². The second-order valence-electron chi connectivity index (χ2n) is 9.05. The van der Waals surface area contributed by atoms with Gasteiger partial charge >= 0.3 is 0 Å². The summed E-state index contributed by atoms with van der Waals surface area (Å²) in [5.74, 6) is 2.10. The van der Waals surface area contributed by atoms with Crippen LogP contribution < -0.4 is 9.47 Å². The van der Waals surface area contributed by atoms with E-state index in [1.165, 1.54) is 11.8 Å². The molecule has 6 rings (SSSR count). The number of Topliss-reactive ketones (excluding diaryl/α,β-unsaturated/α-hetero) is 1. The van der Waals surface area contributed by atoms with Gasteiger partial charge in [-0.2, -0.15) is 0 Å². The minimum absolute atomic E-state index is 0.0544. The molecule has 2 aromatic heterocycles. The number of hydrogen-bond acceptors (Lipinski definition) is 6. The van der Waals surface area contributed by atoms with Crippen molar-refractivity contribution in [1.82, 2.24) is 19.3 Å². The molecule has 3 heterocycles. The first-order chi connectivity index (χ1) is 18.6. The molecule has 0 saturated heterocycles. The van der Waals surface area contributed by atoms with Gasteiger partial charge in [-0.3, -0.25) is 9.36 Å². The summed E-state index contributed by atoms with van der Waals surface area (Å²) in [4.78, 5) is 13.9. The van der Waals surface area contributed by atoms with Crippen molar-refractivity contribution < 1.29 is 14.3 Å². The number of para-hydroxylation sites is 2. The van der Waals surface area contributed by atoms with Crippen molar-refractivity contribution in [1.29, 1.82) is 0 Å². The molecule has 0 bridgehead atoms. The third-order valence-electron chi connectivity index (χ3n) is 6.72. The highest BCUT2D eigenvalue weighted by molar-refractivity contribution is 8.00. The van der Waals surface area contributed by atoms with Gasteiger partial charge in [-0.15, -0.1) is 16.8 Å². The van der Waals surface area contributed by atoms with E-state index in [0.29, 0.717) is 29.0 Å². The van der Waals surface area contributed by atoms with E-state index >= 15 is 0 Å². The number of carbonyl (C=O) groups excluding carboxylic acids is 1. The number of carbonyl (C=O) groups is 1. The number of hydrogen-bond donors (Lipinski definition) is 0. The Morgan fingerprint density at radius 1 is 1.05 bits per heavy atom. The van der Waals surface area contributed by atoms with E-state index in [4.69, 9.17) is 9.47 Å². The zero-order valence-corrected chi connectivity index (χ0v) is 21.9. The molecular formula is C30H26N4O3S. The van der Waals surface area contributed by atoms with Crippen molar-refractivity contribution >= 4 is 28.4 Å². The van der Waals surface area contributed by atoms with Gasteiger partial charge in [0.25, 0.3) is 0 Å². The highest BCUT2D eigenvalue weighted by Gasteiger charge is 2.27. The van der Waals surface area contributed by atoms with Gasteiger partial charge in [-0.1, -0.05) is 54.2 Å². The molecule has 1 atom stereocenters. The van der Waals surface area contributed by atoms with Crippen LogP contribution in [0.15, 0.2) is 90.6 Å². The van der Waals surface area contributed by atoms with E-state index in [1.807, 2.05) is 97.3 Å². The van der Waals surface area contributed by atoms with E-state index < -0.39 is 5.25 Å². The molecule has 0 spiro atoms. The monoisotopic (exact) mass is 522 g/mol. The molecule has 0 N–H and O–H groups in total. The zero-order chi connectivity index (χ0) is 26.2. The van der Waals surface area contributed by atoms with Crippen LogP contribution in [0, 0.1) is 6.92 Å². The average molecular weight is 523 g/mol. The maximum absolute atomic E-state index is 13.9. The molecule has 1 aliphatic heterocycles. The predicted octanol–water partition coefficient (Wildman–Crippen LogP) is 6.48. The van der Waals surface area contributed by atoms with Crippen molar-refractivity contribution in [3.8, 4) is 28.6 Å². The second kappa shape index (κ2) is 9.87. The molecular weight excluding hydrogens is 496 g/mol. The molecule has 5 aromatic rings. The summed E-state index contributed by atoms with van der Waals surface area (Å²) < 4.78 is 15.2. The zero-order valence-electron chi connectivity index (χ0n) is 21.1. The molecule has 8 heteroatoms. The summed E-state index contributed by atoms with van der Waals surface area (Å²) >= 11 is 1.40. The first-order valence-electron chi connectivity index (χ1n) is 12.4. The average Bonchev–Trinajstić information content (AvgIpc) is 3.65. The van der Waals surface area contributed by atoms with Gasteiger partial charge in [0.15, 0.2) is 28.3 Å². The summed E-state index contributed by atoms with van der Waals surface area (Å²) in [5, 5.41) is 10.3. The third-order valence-corrected chi connectivity index (χ3v) is 7.76. The minimum atomic E-state index is -0.395. The Morgan fingerprint density at radius 3 is 2.63 bits per heavy atom. The normalized spacial score (nSPS) is 13.1. The fourth-order valence-corrected chi connectivity index (χ4v) is 5.83. The molecule has 3 aromatic carbocycles. The van der Waals surface area contributed by atoms with Crippen molar-refractivity contribution in [2.75, 3.05) is 6.79 Å². The van der Waals surface area contributed by atoms with Gasteiger partial charge in [0.1, 0.15) is 0 Å². The van der Waals surface area contributed by atoms with Crippen LogP contribution in [-0.2, 0) is 6.54 Å². The fraction of sp³-hybridized carbons (Fsp3) is 0.167. The van der Waals surface area contributed by atoms with Crippen LogP contribution >= 0.6 is 11.8 Å². The van der Waals surface area contributed by atoms with Gasteiger partial charge < -0.3 is 14.0 Å². The van der Waals surface area contributed by atoms with Crippen LogP contribution in [0.5, 0.6) is 11.5 Å². The Balaban J connectivity index is 1.39. The van der Waals surface area contributed by atoms with Gasteiger partial charge in [0.2, 0.25) is 6.79 Å². The molecule has 0 amide bonds. The predicted molar refractivity (Wildman–Crippen MR) is 149 cm³/mol. The number of allylic oxidation sites excluding steroid dienone is 1. The number of thioether (sulfide) groups is 1. The standard InChI is InChI=1S/C30H26N4O3S/c1-4-16-33-19(2)27(23-12-8-9-13-24(23)33)28(35)20(3)38-30-32-31-29(34(30)22-10-6-5-7-11-22)21-14-15-25-26(17-21)37-18-36-25/h4-15,17,20H,1,16,18H2,2-3H3. The van der Waals surface area contributed by atoms with Crippen LogP contribution in [0.2, 0.25) is 0 Å².